The number of hydrogen-bond donors (Lipinski definition) is 4. The minimum Gasteiger partial charge on any atom is -0.484 e. The van der Waals surface area contributed by atoms with Crippen LogP contribution < -0.4 is 20.9 Å². The van der Waals surface area contributed by atoms with Gasteiger partial charge in [-0.2, -0.15) is 0 Å². The van der Waals surface area contributed by atoms with Crippen molar-refractivity contribution in [3.8, 4) is 5.75 Å². The molecule has 7 nitrogen and oxygen atoms in total. The smallest absolute Gasteiger partial charge is 0.281 e. The van der Waals surface area contributed by atoms with Crippen LogP contribution in [0.3, 0.4) is 0 Å². The van der Waals surface area contributed by atoms with Gasteiger partial charge in [-0.05, 0) is 36.1 Å². The Morgan fingerprint density at radius 3 is 2.92 bits per heavy atom. The summed E-state index contributed by atoms with van der Waals surface area (Å²) in [5.41, 5.74) is 3.67. The number of carbonyl (C=O) groups is 2. The number of rotatable bonds is 8. The van der Waals surface area contributed by atoms with Crippen LogP contribution in [0.4, 0.5) is 0 Å². The molecule has 0 radical (unpaired) electrons. The van der Waals surface area contributed by atoms with Crippen LogP contribution in [0.5, 0.6) is 5.75 Å². The molecule has 1 aliphatic rings. The SMILES string of the molecule is CCCCCNC(=O)[C@@H]1Cc2ccc(OCC(=O)NO)cc2CN1. The third-order valence-electron chi connectivity index (χ3n) is 4.03. The highest BCUT2D eigenvalue weighted by Gasteiger charge is 2.24. The lowest BCUT2D eigenvalue weighted by Gasteiger charge is -2.25. The van der Waals surface area contributed by atoms with Gasteiger partial charge in [-0.3, -0.25) is 14.8 Å². The van der Waals surface area contributed by atoms with E-state index < -0.39 is 5.91 Å². The van der Waals surface area contributed by atoms with Crippen molar-refractivity contribution >= 4 is 11.8 Å². The van der Waals surface area contributed by atoms with Crippen molar-refractivity contribution in [2.75, 3.05) is 13.2 Å². The van der Waals surface area contributed by atoms with Gasteiger partial charge in [0.1, 0.15) is 5.75 Å². The molecule has 0 bridgehead atoms. The van der Waals surface area contributed by atoms with Crippen LogP contribution in [0.2, 0.25) is 0 Å². The zero-order valence-corrected chi connectivity index (χ0v) is 13.9. The number of carbonyl (C=O) groups excluding carboxylic acids is 2. The van der Waals surface area contributed by atoms with Gasteiger partial charge >= 0.3 is 0 Å². The fraction of sp³-hybridized carbons (Fsp3) is 0.529. The van der Waals surface area contributed by atoms with Crippen LogP contribution in [0.25, 0.3) is 0 Å². The molecule has 0 aliphatic carbocycles. The number of hydrogen-bond acceptors (Lipinski definition) is 5. The number of nitrogens with one attached hydrogen (secondary N) is 3. The van der Waals surface area contributed by atoms with Crippen molar-refractivity contribution in [2.45, 2.75) is 45.2 Å². The van der Waals surface area contributed by atoms with Crippen molar-refractivity contribution in [2.24, 2.45) is 0 Å². The van der Waals surface area contributed by atoms with E-state index in [1.165, 1.54) is 5.48 Å². The van der Waals surface area contributed by atoms with Gasteiger partial charge < -0.3 is 15.4 Å². The van der Waals surface area contributed by atoms with E-state index in [0.29, 0.717) is 18.7 Å². The summed E-state index contributed by atoms with van der Waals surface area (Å²) in [5.74, 6) is -0.0102. The Morgan fingerprint density at radius 1 is 1.33 bits per heavy atom. The second-order valence-corrected chi connectivity index (χ2v) is 5.89. The third-order valence-corrected chi connectivity index (χ3v) is 4.03. The van der Waals surface area contributed by atoms with Gasteiger partial charge in [-0.1, -0.05) is 25.8 Å². The maximum absolute atomic E-state index is 12.2. The molecule has 1 heterocycles. The zero-order valence-electron chi connectivity index (χ0n) is 13.9. The zero-order chi connectivity index (χ0) is 17.4. The first kappa shape index (κ1) is 18.2. The van der Waals surface area contributed by atoms with Gasteiger partial charge in [0.25, 0.3) is 5.91 Å². The maximum Gasteiger partial charge on any atom is 0.281 e. The van der Waals surface area contributed by atoms with E-state index in [1.54, 1.807) is 6.07 Å². The van der Waals surface area contributed by atoms with Crippen LogP contribution in [0.15, 0.2) is 18.2 Å². The molecule has 1 aliphatic heterocycles. The summed E-state index contributed by atoms with van der Waals surface area (Å²) >= 11 is 0. The maximum atomic E-state index is 12.2. The molecule has 2 rings (SSSR count). The molecule has 7 heteroatoms. The Morgan fingerprint density at radius 2 is 2.17 bits per heavy atom. The molecule has 4 N–H and O–H groups in total. The van der Waals surface area contributed by atoms with Crippen molar-refractivity contribution in [3.05, 3.63) is 29.3 Å². The van der Waals surface area contributed by atoms with Crippen LogP contribution in [0.1, 0.15) is 37.3 Å². The van der Waals surface area contributed by atoms with E-state index in [1.807, 2.05) is 12.1 Å². The highest BCUT2D eigenvalue weighted by atomic mass is 16.5. The molecule has 0 spiro atoms. The molecule has 0 unspecified atom stereocenters. The molecule has 0 aromatic heterocycles. The van der Waals surface area contributed by atoms with Gasteiger partial charge in [0.05, 0.1) is 6.04 Å². The number of hydroxylamine groups is 1. The summed E-state index contributed by atoms with van der Waals surface area (Å²) in [7, 11) is 0. The minimum atomic E-state index is -0.606. The first-order valence-corrected chi connectivity index (χ1v) is 8.32. The Labute approximate surface area is 141 Å². The topological polar surface area (TPSA) is 99.7 Å². The standard InChI is InChI=1S/C17H25N3O4/c1-2-3-4-7-18-17(22)15-9-12-5-6-14(8-13(12)10-19-15)24-11-16(21)20-23/h5-6,8,15,19,23H,2-4,7,9-11H2,1H3,(H,18,22)(H,20,21)/t15-/m0/s1. The second kappa shape index (κ2) is 9.24. The quantitative estimate of drug-likeness (QED) is 0.321. The van der Waals surface area contributed by atoms with Crippen LogP contribution >= 0.6 is 0 Å². The molecular weight excluding hydrogens is 310 g/mol. The highest BCUT2D eigenvalue weighted by molar-refractivity contribution is 5.82. The second-order valence-electron chi connectivity index (χ2n) is 5.89. The van der Waals surface area contributed by atoms with Crippen LogP contribution in [-0.4, -0.2) is 36.2 Å². The van der Waals surface area contributed by atoms with E-state index in [2.05, 4.69) is 17.6 Å². The minimum absolute atomic E-state index is 0.0386. The Balaban J connectivity index is 1.87. The molecule has 2 amide bonds. The highest BCUT2D eigenvalue weighted by Crippen LogP contribution is 2.22. The first-order valence-electron chi connectivity index (χ1n) is 8.32. The fourth-order valence-corrected chi connectivity index (χ4v) is 2.66. The van der Waals surface area contributed by atoms with E-state index in [0.717, 1.165) is 36.9 Å². The van der Waals surface area contributed by atoms with E-state index in [-0.39, 0.29) is 18.6 Å². The summed E-state index contributed by atoms with van der Waals surface area (Å²) in [6.07, 6.45) is 3.90. The number of ether oxygens (including phenoxy) is 1. The number of benzene rings is 1. The lowest BCUT2D eigenvalue weighted by molar-refractivity contribution is -0.131. The average Bonchev–Trinajstić information content (AvgIpc) is 2.62. The van der Waals surface area contributed by atoms with Gasteiger partial charge in [-0.25, -0.2) is 5.48 Å². The van der Waals surface area contributed by atoms with Crippen molar-refractivity contribution < 1.29 is 19.5 Å². The Bertz CT molecular complexity index is 577. The molecule has 0 fully saturated rings. The number of amides is 2. The van der Waals surface area contributed by atoms with Gasteiger partial charge in [0.15, 0.2) is 6.61 Å². The first-order chi connectivity index (χ1) is 11.6. The van der Waals surface area contributed by atoms with E-state index >= 15 is 0 Å². The van der Waals surface area contributed by atoms with Crippen molar-refractivity contribution in [1.82, 2.24) is 16.1 Å². The Kier molecular flexibility index (Phi) is 7.02. The molecule has 132 valence electrons. The summed E-state index contributed by atoms with van der Waals surface area (Å²) in [6, 6.07) is 5.32. The molecule has 1 atom stereocenters. The summed E-state index contributed by atoms with van der Waals surface area (Å²) in [4.78, 5) is 23.2. The Hall–Kier alpha value is -2.12. The van der Waals surface area contributed by atoms with Crippen molar-refractivity contribution in [3.63, 3.8) is 0 Å². The van der Waals surface area contributed by atoms with Gasteiger partial charge in [0.2, 0.25) is 5.91 Å². The monoisotopic (exact) mass is 335 g/mol. The molecular formula is C17H25N3O4. The molecule has 0 saturated heterocycles. The lowest BCUT2D eigenvalue weighted by Crippen LogP contribution is -2.47. The van der Waals surface area contributed by atoms with Crippen LogP contribution in [-0.2, 0) is 22.6 Å². The van der Waals surface area contributed by atoms with Crippen LogP contribution in [0, 0.1) is 0 Å². The molecule has 0 saturated carbocycles. The predicted molar refractivity (Wildman–Crippen MR) is 88.7 cm³/mol. The summed E-state index contributed by atoms with van der Waals surface area (Å²) in [6.45, 7) is 3.18. The average molecular weight is 335 g/mol. The van der Waals surface area contributed by atoms with E-state index in [9.17, 15) is 9.59 Å². The van der Waals surface area contributed by atoms with Gasteiger partial charge in [0, 0.05) is 13.1 Å². The third kappa shape index (κ3) is 5.21. The predicted octanol–water partition coefficient (Wildman–Crippen LogP) is 0.891. The summed E-state index contributed by atoms with van der Waals surface area (Å²) < 4.78 is 5.30. The normalized spacial score (nSPS) is 16.2. The molecule has 24 heavy (non-hydrogen) atoms. The fourth-order valence-electron chi connectivity index (χ4n) is 2.66. The van der Waals surface area contributed by atoms with E-state index in [4.69, 9.17) is 9.94 Å². The summed E-state index contributed by atoms with van der Waals surface area (Å²) in [5, 5.41) is 14.7. The number of unbranched alkanes of at least 4 members (excludes halogenated alkanes) is 2. The van der Waals surface area contributed by atoms with Crippen molar-refractivity contribution in [1.29, 1.82) is 0 Å². The largest absolute Gasteiger partial charge is 0.484 e. The lowest BCUT2D eigenvalue weighted by atomic mass is 9.95. The van der Waals surface area contributed by atoms with Gasteiger partial charge in [-0.15, -0.1) is 0 Å². The molecule has 1 aromatic carbocycles. The number of fused-ring (bicyclic) bond motifs is 1. The molecule has 1 aromatic rings.